The first-order chi connectivity index (χ1) is 47.2. The van der Waals surface area contributed by atoms with Crippen LogP contribution in [0.2, 0.25) is 0 Å². The Balaban J connectivity index is 0.0000117. The Labute approximate surface area is 593 Å². The number of aliphatic carboxylic acids is 1. The molecule has 0 saturated carbocycles. The number of ether oxygens (including phenoxy) is 16. The Morgan fingerprint density at radius 2 is 0.470 bits per heavy atom. The molecule has 30 aliphatic heterocycles. The fraction of sp³-hybridized carbons (Fsp3) is 0.877. The molecule has 1 aromatic carbocycles. The van der Waals surface area contributed by atoms with E-state index in [1.165, 1.54) is 0 Å². The molecular formula is C57H87NaO41S. The maximum Gasteiger partial charge on any atom is 1.00 e. The van der Waals surface area contributed by atoms with Crippen molar-refractivity contribution in [3.8, 4) is 0 Å². The van der Waals surface area contributed by atoms with Gasteiger partial charge in [-0.05, 0) is 30.5 Å². The Hall–Kier alpha value is -1.52. The van der Waals surface area contributed by atoms with Crippen molar-refractivity contribution >= 4 is 17.7 Å². The van der Waals surface area contributed by atoms with Crippen LogP contribution in [0, 0.1) is 0 Å². The summed E-state index contributed by atoms with van der Waals surface area (Å²) in [6.45, 7) is -7.62. The zero-order valence-corrected chi connectivity index (χ0v) is 55.8. The SMILES string of the molecule is O=C([O-])CCc1ccc(SCC2O[C@@H]3O[C@@H]4C(CO)O[C@H](O[C@@H]5C(CO)O[C@H](O[C@@H]6C(CO)O[C@H](O[C@@H]7C(CO)O[C@H](O[C@@H]8C(CO)O[C@H](O[C@@H]9C(CO)O[C@H](O[C@@H]%10C(CO)O[C@H](O[C@H]2C(O)C3O)C(O)C%10O)C(O)C9O)C(O)C8O)C(O)C7O)C(O)C6O)C(O)C5O)C(O)C4O)cc1.[Na+]. The molecule has 0 spiro atoms. The van der Waals surface area contributed by atoms with Crippen LogP contribution in [0.4, 0.5) is 0 Å². The Morgan fingerprint density at radius 1 is 0.290 bits per heavy atom. The van der Waals surface area contributed by atoms with E-state index < -0.39 is 298 Å². The molecular weight excluding hydrogens is 1400 g/mol. The van der Waals surface area contributed by atoms with Crippen molar-refractivity contribution in [2.24, 2.45) is 0 Å². The number of thioether (sulfide) groups is 1. The molecule has 0 aromatic heterocycles. The number of hydrogen-bond donors (Lipinski definition) is 23. The number of benzene rings is 1. The van der Waals surface area contributed by atoms with Crippen molar-refractivity contribution in [3.63, 3.8) is 0 Å². The summed E-state index contributed by atoms with van der Waals surface area (Å²) < 4.78 is 93.1. The smallest absolute Gasteiger partial charge is 0.550 e. The van der Waals surface area contributed by atoms with Crippen LogP contribution in [0.15, 0.2) is 29.2 Å². The predicted molar refractivity (Wildman–Crippen MR) is 304 cm³/mol. The second-order valence-corrected chi connectivity index (χ2v) is 26.2. The molecule has 30 fully saturated rings. The average Bonchev–Trinajstić information content (AvgIpc) is 0.775. The molecule has 31 rings (SSSR count). The fourth-order valence-electron chi connectivity index (χ4n) is 13.1. The summed E-state index contributed by atoms with van der Waals surface area (Å²) in [4.78, 5) is 11.6. The first-order valence-corrected chi connectivity index (χ1v) is 32.7. The largest absolute Gasteiger partial charge is 1.00 e. The number of aliphatic hydroxyl groups excluding tert-OH is 23. The van der Waals surface area contributed by atoms with Crippen LogP contribution in [0.25, 0.3) is 0 Å². The van der Waals surface area contributed by atoms with E-state index in [9.17, 15) is 127 Å². The number of carbonyl (C=O) groups is 1. The van der Waals surface area contributed by atoms with Gasteiger partial charge in [-0.3, -0.25) is 0 Å². The Morgan fingerprint density at radius 3 is 0.650 bits per heavy atom. The molecule has 100 heavy (non-hydrogen) atoms. The zero-order chi connectivity index (χ0) is 71.7. The van der Waals surface area contributed by atoms with Gasteiger partial charge in [0, 0.05) is 16.6 Å². The molecule has 43 heteroatoms. The summed E-state index contributed by atoms with van der Waals surface area (Å²) in [5, 5.41) is 270. The second kappa shape index (κ2) is 36.1. The van der Waals surface area contributed by atoms with Crippen LogP contribution in [-0.4, -0.2) is 421 Å². The van der Waals surface area contributed by atoms with Crippen molar-refractivity contribution in [2.45, 2.75) is 263 Å². The van der Waals surface area contributed by atoms with Gasteiger partial charge in [-0.25, -0.2) is 0 Å². The molecule has 568 valence electrons. The quantitative estimate of drug-likeness (QED) is 0.0644. The number of aliphatic hydroxyl groups is 23. The summed E-state index contributed by atoms with van der Waals surface area (Å²) in [5.41, 5.74) is 0.608. The van der Waals surface area contributed by atoms with Gasteiger partial charge >= 0.3 is 29.6 Å². The molecule has 0 aliphatic carbocycles. The monoisotopic (exact) mass is 1480 g/mol. The summed E-state index contributed by atoms with van der Waals surface area (Å²) in [5.74, 6) is -1.57. The molecule has 30 aliphatic rings. The Kier molecular flexibility index (Phi) is 29.8. The van der Waals surface area contributed by atoms with Crippen molar-refractivity contribution in [1.29, 1.82) is 0 Å². The number of aryl methyl sites for hydroxylation is 1. The molecule has 0 radical (unpaired) electrons. The minimum Gasteiger partial charge on any atom is -0.550 e. The number of carbonyl (C=O) groups excluding carboxylic acids is 1. The third kappa shape index (κ3) is 17.5. The van der Waals surface area contributed by atoms with Crippen molar-refractivity contribution in [2.75, 3.05) is 52.0 Å². The van der Waals surface area contributed by atoms with E-state index >= 15 is 0 Å². The van der Waals surface area contributed by atoms with E-state index in [0.29, 0.717) is 10.5 Å². The topological polar surface area (TPSA) is 653 Å². The average molecular weight is 1480 g/mol. The van der Waals surface area contributed by atoms with Gasteiger partial charge < -0.3 is 203 Å². The van der Waals surface area contributed by atoms with Gasteiger partial charge in [-0.15, -0.1) is 11.8 Å². The van der Waals surface area contributed by atoms with Crippen molar-refractivity contribution in [3.05, 3.63) is 29.8 Å². The van der Waals surface area contributed by atoms with Gasteiger partial charge in [0.1, 0.15) is 189 Å². The standard InChI is InChI=1S/C57H88O41S.Na/c58-7-17-42-26(67)34(75)50(83-17)92-43-18(8-59)85-52(36(77)28(43)69)94-45-20(10-61)87-54(38(79)30(45)71)96-47-22(12-63)89-56(40(81)32(47)73)98-49-24(14-99-16-4-1-15(2-5-16)3-6-25(65)66)90-57(41(82)33(49)74)97-48-23(13-64)88-55(39(80)31(48)72)95-46-21(11-62)86-53(37(78)29(46)70)93-44-19(9-60)84-51(91-42)35(76)27(44)68;/h1-2,4-5,17-24,26-64,67-82H,3,6-14H2,(H,65,66);/q;+1/p-1/t17?,18?,19?,20?,21?,22?,23?,24?,26?,27?,28?,29?,30?,31?,32?,33?,34?,35?,36?,37?,38?,39?,40?,41?,42-,43-,44-,45-,46-,47-,48-,49-,50-,51-,52-,53-,54-,55-,56-,57-;/m1./s1. The molecule has 16 bridgehead atoms. The van der Waals surface area contributed by atoms with Gasteiger partial charge in [0.25, 0.3) is 0 Å². The Bertz CT molecular complexity index is 2660. The second-order valence-electron chi connectivity index (χ2n) is 25.1. The minimum atomic E-state index is -2.27. The molecule has 23 N–H and O–H groups in total. The van der Waals surface area contributed by atoms with Crippen LogP contribution in [0.1, 0.15) is 12.0 Å². The van der Waals surface area contributed by atoms with Gasteiger partial charge in [-0.1, -0.05) is 12.1 Å². The third-order valence-corrected chi connectivity index (χ3v) is 19.8. The van der Waals surface area contributed by atoms with Crippen LogP contribution in [-0.2, 0) is 87.0 Å². The number of carboxylic acids is 1. The maximum absolute atomic E-state index is 11.9. The van der Waals surface area contributed by atoms with Gasteiger partial charge in [0.2, 0.25) is 0 Å². The molecule has 30 heterocycles. The first kappa shape index (κ1) is 82.5. The summed E-state index contributed by atoms with van der Waals surface area (Å²) in [6, 6.07) is 6.41. The zero-order valence-electron chi connectivity index (χ0n) is 53.0. The van der Waals surface area contributed by atoms with Gasteiger partial charge in [-0.2, -0.15) is 0 Å². The van der Waals surface area contributed by atoms with Gasteiger partial charge in [0.05, 0.1) is 52.4 Å². The summed E-state index contributed by atoms with van der Waals surface area (Å²) >= 11 is 1.02. The predicted octanol–water partition coefficient (Wildman–Crippen LogP) is -18.9. The van der Waals surface area contributed by atoms with Crippen LogP contribution in [0.5, 0.6) is 0 Å². The van der Waals surface area contributed by atoms with Gasteiger partial charge in [0.15, 0.2) is 50.3 Å². The van der Waals surface area contributed by atoms with E-state index in [2.05, 4.69) is 0 Å². The van der Waals surface area contributed by atoms with Crippen LogP contribution >= 0.6 is 11.8 Å². The van der Waals surface area contributed by atoms with E-state index in [4.69, 9.17) is 75.8 Å². The van der Waals surface area contributed by atoms with Crippen LogP contribution < -0.4 is 34.7 Å². The molecule has 0 amide bonds. The van der Waals surface area contributed by atoms with E-state index in [-0.39, 0.29) is 48.2 Å². The maximum atomic E-state index is 11.9. The first-order valence-electron chi connectivity index (χ1n) is 31.7. The molecule has 41 nitrogen and oxygen atoms in total. The van der Waals surface area contributed by atoms with E-state index in [1.807, 2.05) is 0 Å². The molecule has 30 saturated heterocycles. The minimum absolute atomic E-state index is 0. The van der Waals surface area contributed by atoms with E-state index in [1.54, 1.807) is 24.3 Å². The summed E-state index contributed by atoms with van der Waals surface area (Å²) in [6.07, 6.45) is -82.2. The molecule has 24 unspecified atom stereocenters. The van der Waals surface area contributed by atoms with Crippen molar-refractivity contribution < 1.29 is 233 Å². The number of hydrogen-bond acceptors (Lipinski definition) is 42. The van der Waals surface area contributed by atoms with Crippen molar-refractivity contribution in [1.82, 2.24) is 0 Å². The van der Waals surface area contributed by atoms with Crippen LogP contribution in [0.3, 0.4) is 0 Å². The normalized spacial score (nSPS) is 50.0. The third-order valence-electron chi connectivity index (χ3n) is 18.7. The summed E-state index contributed by atoms with van der Waals surface area (Å²) in [7, 11) is 0. The number of carboxylic acid groups (broad SMARTS) is 1. The molecule has 40 atom stereocenters. The molecule has 1 aromatic rings. The van der Waals surface area contributed by atoms with E-state index in [0.717, 1.165) is 11.8 Å². The fourth-order valence-corrected chi connectivity index (χ4v) is 14.0. The number of rotatable bonds is 13.